The van der Waals surface area contributed by atoms with Gasteiger partial charge in [0.1, 0.15) is 0 Å². The molecule has 2 nitrogen and oxygen atoms in total. The predicted molar refractivity (Wildman–Crippen MR) is 44.4 cm³/mol. The molecular formula is C9H16O2. The lowest BCUT2D eigenvalue weighted by Gasteiger charge is -2.14. The molecule has 0 aliphatic carbocycles. The molecule has 0 aromatic rings. The Morgan fingerprint density at radius 3 is 2.91 bits per heavy atom. The fourth-order valence-electron chi connectivity index (χ4n) is 1.45. The Morgan fingerprint density at radius 1 is 1.73 bits per heavy atom. The SMILES string of the molecule is C=CCC1CCC(C(C)O)O1. The van der Waals surface area contributed by atoms with Crippen LogP contribution in [0.15, 0.2) is 12.7 Å². The summed E-state index contributed by atoms with van der Waals surface area (Å²) in [5.41, 5.74) is 0. The van der Waals surface area contributed by atoms with Gasteiger partial charge in [-0.05, 0) is 26.2 Å². The van der Waals surface area contributed by atoms with Crippen LogP contribution in [0.4, 0.5) is 0 Å². The van der Waals surface area contributed by atoms with E-state index in [-0.39, 0.29) is 12.2 Å². The second-order valence-electron chi connectivity index (χ2n) is 3.14. The fraction of sp³-hybridized carbons (Fsp3) is 0.778. The van der Waals surface area contributed by atoms with Crippen LogP contribution in [0.2, 0.25) is 0 Å². The Balaban J connectivity index is 2.28. The first kappa shape index (κ1) is 8.75. The van der Waals surface area contributed by atoms with Crippen LogP contribution in [0.1, 0.15) is 26.2 Å². The van der Waals surface area contributed by atoms with E-state index >= 15 is 0 Å². The van der Waals surface area contributed by atoms with Crippen molar-refractivity contribution in [2.45, 2.75) is 44.5 Å². The Bertz CT molecular complexity index is 132. The molecule has 2 heteroatoms. The van der Waals surface area contributed by atoms with Crippen molar-refractivity contribution in [2.24, 2.45) is 0 Å². The van der Waals surface area contributed by atoms with Crippen molar-refractivity contribution < 1.29 is 9.84 Å². The van der Waals surface area contributed by atoms with Crippen LogP contribution >= 0.6 is 0 Å². The monoisotopic (exact) mass is 156 g/mol. The van der Waals surface area contributed by atoms with E-state index in [0.717, 1.165) is 19.3 Å². The molecule has 3 unspecified atom stereocenters. The molecule has 0 amide bonds. The van der Waals surface area contributed by atoms with Crippen molar-refractivity contribution in [1.29, 1.82) is 0 Å². The van der Waals surface area contributed by atoms with Gasteiger partial charge in [0.05, 0.1) is 18.3 Å². The van der Waals surface area contributed by atoms with E-state index in [0.29, 0.717) is 6.10 Å². The zero-order valence-corrected chi connectivity index (χ0v) is 6.99. The maximum absolute atomic E-state index is 9.19. The molecule has 0 aromatic carbocycles. The van der Waals surface area contributed by atoms with Crippen LogP contribution in [0.5, 0.6) is 0 Å². The lowest BCUT2D eigenvalue weighted by Crippen LogP contribution is -2.22. The van der Waals surface area contributed by atoms with Crippen LogP contribution in [0.25, 0.3) is 0 Å². The number of ether oxygens (including phenoxy) is 1. The van der Waals surface area contributed by atoms with Crippen molar-refractivity contribution in [3.63, 3.8) is 0 Å². The normalized spacial score (nSPS) is 33.6. The molecule has 0 spiro atoms. The summed E-state index contributed by atoms with van der Waals surface area (Å²) in [6.07, 6.45) is 4.84. The third-order valence-corrected chi connectivity index (χ3v) is 2.11. The van der Waals surface area contributed by atoms with Crippen molar-refractivity contribution in [3.8, 4) is 0 Å². The zero-order chi connectivity index (χ0) is 8.27. The van der Waals surface area contributed by atoms with Gasteiger partial charge in [-0.3, -0.25) is 0 Å². The summed E-state index contributed by atoms with van der Waals surface area (Å²) >= 11 is 0. The molecule has 0 radical (unpaired) electrons. The van der Waals surface area contributed by atoms with E-state index in [1.807, 2.05) is 6.08 Å². The summed E-state index contributed by atoms with van der Waals surface area (Å²) in [7, 11) is 0. The van der Waals surface area contributed by atoms with Gasteiger partial charge in [-0.25, -0.2) is 0 Å². The van der Waals surface area contributed by atoms with E-state index in [1.54, 1.807) is 6.92 Å². The summed E-state index contributed by atoms with van der Waals surface area (Å²) < 4.78 is 5.54. The summed E-state index contributed by atoms with van der Waals surface area (Å²) in [5, 5.41) is 9.19. The smallest absolute Gasteiger partial charge is 0.0836 e. The quantitative estimate of drug-likeness (QED) is 0.627. The molecule has 1 aliphatic rings. The second-order valence-corrected chi connectivity index (χ2v) is 3.14. The van der Waals surface area contributed by atoms with E-state index in [9.17, 15) is 5.11 Å². The number of rotatable bonds is 3. The summed E-state index contributed by atoms with van der Waals surface area (Å²) in [6.45, 7) is 5.43. The average molecular weight is 156 g/mol. The van der Waals surface area contributed by atoms with Crippen LogP contribution in [-0.4, -0.2) is 23.4 Å². The van der Waals surface area contributed by atoms with Crippen LogP contribution < -0.4 is 0 Å². The van der Waals surface area contributed by atoms with Gasteiger partial charge >= 0.3 is 0 Å². The third kappa shape index (κ3) is 2.31. The lowest BCUT2D eigenvalue weighted by atomic mass is 10.1. The van der Waals surface area contributed by atoms with Gasteiger partial charge in [-0.2, -0.15) is 0 Å². The molecule has 0 bridgehead atoms. The fourth-order valence-corrected chi connectivity index (χ4v) is 1.45. The van der Waals surface area contributed by atoms with Crippen molar-refractivity contribution in [3.05, 3.63) is 12.7 Å². The third-order valence-electron chi connectivity index (χ3n) is 2.11. The molecule has 1 fully saturated rings. The molecule has 1 aliphatic heterocycles. The summed E-state index contributed by atoms with van der Waals surface area (Å²) in [5.74, 6) is 0. The van der Waals surface area contributed by atoms with Crippen molar-refractivity contribution >= 4 is 0 Å². The second kappa shape index (κ2) is 3.88. The predicted octanol–water partition coefficient (Wildman–Crippen LogP) is 1.49. The average Bonchev–Trinajstić information content (AvgIpc) is 2.37. The van der Waals surface area contributed by atoms with Crippen molar-refractivity contribution in [2.75, 3.05) is 0 Å². The molecular weight excluding hydrogens is 140 g/mol. The number of aliphatic hydroxyl groups is 1. The summed E-state index contributed by atoms with van der Waals surface area (Å²) in [4.78, 5) is 0. The number of hydrogen-bond acceptors (Lipinski definition) is 2. The van der Waals surface area contributed by atoms with E-state index in [2.05, 4.69) is 6.58 Å². The molecule has 1 rings (SSSR count). The summed E-state index contributed by atoms with van der Waals surface area (Å²) in [6, 6.07) is 0. The molecule has 1 heterocycles. The van der Waals surface area contributed by atoms with Gasteiger partial charge in [0.15, 0.2) is 0 Å². The van der Waals surface area contributed by atoms with Crippen LogP contribution in [0, 0.1) is 0 Å². The van der Waals surface area contributed by atoms with Crippen molar-refractivity contribution in [1.82, 2.24) is 0 Å². The van der Waals surface area contributed by atoms with Gasteiger partial charge in [0.2, 0.25) is 0 Å². The van der Waals surface area contributed by atoms with Crippen LogP contribution in [-0.2, 0) is 4.74 Å². The number of aliphatic hydroxyl groups excluding tert-OH is 1. The maximum Gasteiger partial charge on any atom is 0.0836 e. The van der Waals surface area contributed by atoms with E-state index in [4.69, 9.17) is 4.74 Å². The minimum Gasteiger partial charge on any atom is -0.391 e. The van der Waals surface area contributed by atoms with E-state index in [1.165, 1.54) is 0 Å². The molecule has 11 heavy (non-hydrogen) atoms. The largest absolute Gasteiger partial charge is 0.391 e. The highest BCUT2D eigenvalue weighted by Gasteiger charge is 2.27. The van der Waals surface area contributed by atoms with Gasteiger partial charge < -0.3 is 9.84 Å². The molecule has 64 valence electrons. The van der Waals surface area contributed by atoms with Gasteiger partial charge in [-0.1, -0.05) is 6.08 Å². The molecule has 3 atom stereocenters. The molecule has 0 aromatic heterocycles. The lowest BCUT2D eigenvalue weighted by molar-refractivity contribution is -0.0250. The Hall–Kier alpha value is -0.340. The highest BCUT2D eigenvalue weighted by atomic mass is 16.5. The van der Waals surface area contributed by atoms with Gasteiger partial charge in [0, 0.05) is 0 Å². The minimum atomic E-state index is -0.329. The zero-order valence-electron chi connectivity index (χ0n) is 6.99. The number of hydrogen-bond donors (Lipinski definition) is 1. The van der Waals surface area contributed by atoms with Crippen LogP contribution in [0.3, 0.4) is 0 Å². The Kier molecular flexibility index (Phi) is 3.09. The first-order chi connectivity index (χ1) is 5.24. The highest BCUT2D eigenvalue weighted by Crippen LogP contribution is 2.24. The standard InChI is InChI=1S/C9H16O2/c1-3-4-8-5-6-9(11-8)7(2)10/h3,7-10H,1,4-6H2,2H3. The van der Waals surface area contributed by atoms with Gasteiger partial charge in [0.25, 0.3) is 0 Å². The maximum atomic E-state index is 9.19. The first-order valence-electron chi connectivity index (χ1n) is 4.18. The highest BCUT2D eigenvalue weighted by molar-refractivity contribution is 4.82. The Morgan fingerprint density at radius 2 is 2.45 bits per heavy atom. The molecule has 1 saturated heterocycles. The molecule has 1 N–H and O–H groups in total. The Labute approximate surface area is 67.9 Å². The minimum absolute atomic E-state index is 0.0555. The first-order valence-corrected chi connectivity index (χ1v) is 4.18. The van der Waals surface area contributed by atoms with E-state index < -0.39 is 0 Å². The topological polar surface area (TPSA) is 29.5 Å². The van der Waals surface area contributed by atoms with Gasteiger partial charge in [-0.15, -0.1) is 6.58 Å². The molecule has 0 saturated carbocycles.